The fraction of sp³-hybridized carbons (Fsp3) is 0.484. The molecule has 3 fully saturated rings. The van der Waals surface area contributed by atoms with E-state index in [-0.39, 0.29) is 12.0 Å². The first-order valence-electron chi connectivity index (χ1n) is 14.5. The molecule has 8 heteroatoms. The van der Waals surface area contributed by atoms with Gasteiger partial charge < -0.3 is 15.0 Å². The van der Waals surface area contributed by atoms with E-state index < -0.39 is 6.17 Å². The molecule has 1 saturated carbocycles. The Morgan fingerprint density at radius 2 is 1.90 bits per heavy atom. The third-order valence-electron chi connectivity index (χ3n) is 8.45. The maximum absolute atomic E-state index is 13.3. The molecule has 1 amide bonds. The zero-order chi connectivity index (χ0) is 26.3. The Hall–Kier alpha value is -2.81. The number of amides is 1. The lowest BCUT2D eigenvalue weighted by Gasteiger charge is -2.28. The number of likely N-dealkylation sites (tertiary alicyclic amines) is 1. The van der Waals surface area contributed by atoms with Crippen LogP contribution in [0.5, 0.6) is 0 Å². The summed E-state index contributed by atoms with van der Waals surface area (Å²) in [5.41, 5.74) is 6.61. The predicted octanol–water partition coefficient (Wildman–Crippen LogP) is 6.50. The van der Waals surface area contributed by atoms with Gasteiger partial charge in [-0.05, 0) is 75.3 Å². The second-order valence-electron chi connectivity index (χ2n) is 11.3. The Kier molecular flexibility index (Phi) is 6.87. The van der Waals surface area contributed by atoms with Gasteiger partial charge in [0.15, 0.2) is 4.96 Å². The van der Waals surface area contributed by atoms with E-state index in [1.807, 2.05) is 12.1 Å². The number of imidazole rings is 1. The van der Waals surface area contributed by atoms with Crippen LogP contribution >= 0.6 is 11.3 Å². The molecule has 2 aromatic heterocycles. The Morgan fingerprint density at radius 3 is 2.64 bits per heavy atom. The van der Waals surface area contributed by atoms with E-state index in [0.29, 0.717) is 30.9 Å². The van der Waals surface area contributed by atoms with E-state index in [2.05, 4.69) is 44.9 Å². The predicted molar refractivity (Wildman–Crippen MR) is 153 cm³/mol. The monoisotopic (exact) mass is 546 g/mol. The molecule has 0 bridgehead atoms. The number of benzene rings is 2. The second-order valence-corrected chi connectivity index (χ2v) is 12.3. The van der Waals surface area contributed by atoms with Gasteiger partial charge in [-0.3, -0.25) is 9.20 Å². The van der Waals surface area contributed by atoms with Crippen LogP contribution in [0, 0.1) is 0 Å². The maximum Gasteiger partial charge on any atom is 0.251 e. The second kappa shape index (κ2) is 10.6. The van der Waals surface area contributed by atoms with Crippen molar-refractivity contribution in [1.29, 1.82) is 0 Å². The molecule has 2 aliphatic heterocycles. The summed E-state index contributed by atoms with van der Waals surface area (Å²) in [6.45, 7) is 4.01. The van der Waals surface area contributed by atoms with Crippen molar-refractivity contribution in [3.63, 3.8) is 0 Å². The summed E-state index contributed by atoms with van der Waals surface area (Å²) in [4.78, 5) is 21.3. The van der Waals surface area contributed by atoms with Crippen LogP contribution in [0.15, 0.2) is 42.5 Å². The molecular formula is C31H35FN4O2S. The molecule has 3 aliphatic rings. The van der Waals surface area contributed by atoms with Crippen LogP contribution in [0.1, 0.15) is 78.6 Å². The Morgan fingerprint density at radius 1 is 1.08 bits per heavy atom. The summed E-state index contributed by atoms with van der Waals surface area (Å²) in [5, 5.41) is 3.07. The van der Waals surface area contributed by atoms with Crippen molar-refractivity contribution in [3.8, 4) is 11.3 Å². The molecule has 0 spiro atoms. The van der Waals surface area contributed by atoms with Crippen LogP contribution in [0.25, 0.3) is 26.4 Å². The molecule has 7 rings (SSSR count). The molecule has 4 heterocycles. The minimum atomic E-state index is -0.647. The molecular weight excluding hydrogens is 511 g/mol. The number of aromatic nitrogens is 2. The first-order valence-corrected chi connectivity index (χ1v) is 15.3. The SMILES string of the molecule is O=C(NCCCN1CCC(F)CC1)c1ccc2c(c1)sc1nc(-c3ccc(C4CCCO4)cc3)c(C3CC3)n12. The summed E-state index contributed by atoms with van der Waals surface area (Å²) >= 11 is 1.65. The molecule has 6 nitrogen and oxygen atoms in total. The topological polar surface area (TPSA) is 58.9 Å². The first kappa shape index (κ1) is 25.2. The summed E-state index contributed by atoms with van der Waals surface area (Å²) in [6, 6.07) is 14.8. The van der Waals surface area contributed by atoms with Crippen LogP contribution in [0.2, 0.25) is 0 Å². The van der Waals surface area contributed by atoms with Gasteiger partial charge in [0, 0.05) is 43.3 Å². The Bertz CT molecular complexity index is 1480. The number of rotatable bonds is 8. The van der Waals surface area contributed by atoms with Crippen LogP contribution in [0.4, 0.5) is 4.39 Å². The fourth-order valence-corrected chi connectivity index (χ4v) is 7.18. The number of ether oxygens (including phenoxy) is 1. The van der Waals surface area contributed by atoms with Gasteiger partial charge in [0.25, 0.3) is 5.91 Å². The van der Waals surface area contributed by atoms with E-state index in [9.17, 15) is 9.18 Å². The summed E-state index contributed by atoms with van der Waals surface area (Å²) in [6.07, 6.45) is 6.32. The Labute approximate surface area is 232 Å². The number of nitrogens with zero attached hydrogens (tertiary/aromatic N) is 3. The Balaban J connectivity index is 1.08. The molecule has 2 aromatic carbocycles. The van der Waals surface area contributed by atoms with Gasteiger partial charge in [0.05, 0.1) is 27.7 Å². The van der Waals surface area contributed by atoms with Gasteiger partial charge in [0.2, 0.25) is 0 Å². The summed E-state index contributed by atoms with van der Waals surface area (Å²) in [7, 11) is 0. The lowest BCUT2D eigenvalue weighted by Crippen LogP contribution is -2.36. The van der Waals surface area contributed by atoms with Crippen LogP contribution in [-0.2, 0) is 4.74 Å². The van der Waals surface area contributed by atoms with E-state index >= 15 is 0 Å². The first-order chi connectivity index (χ1) is 19.1. The quantitative estimate of drug-likeness (QED) is 0.256. The van der Waals surface area contributed by atoms with Crippen molar-refractivity contribution in [3.05, 3.63) is 59.3 Å². The highest BCUT2D eigenvalue weighted by molar-refractivity contribution is 7.23. The number of carbonyl (C=O) groups excluding carboxylic acids is 1. The standard InChI is InChI=1S/C31H35FN4O2S/c32-24-12-16-35(17-13-24)15-2-14-33-30(37)23-10-11-25-27(19-23)39-31-34-28(29(36(25)31)22-8-9-22)21-6-4-20(5-7-21)26-3-1-18-38-26/h4-7,10-11,19,22,24,26H,1-3,8-9,12-18H2,(H,33,37). The number of hydrogen-bond donors (Lipinski definition) is 1. The highest BCUT2D eigenvalue weighted by Gasteiger charge is 2.32. The third kappa shape index (κ3) is 5.10. The van der Waals surface area contributed by atoms with E-state index in [4.69, 9.17) is 9.72 Å². The van der Waals surface area contributed by atoms with E-state index in [1.54, 1.807) is 11.3 Å². The number of alkyl halides is 1. The van der Waals surface area contributed by atoms with Gasteiger partial charge in [-0.2, -0.15) is 0 Å². The van der Waals surface area contributed by atoms with E-state index in [1.165, 1.54) is 24.1 Å². The largest absolute Gasteiger partial charge is 0.374 e. The van der Waals surface area contributed by atoms with Gasteiger partial charge in [-0.15, -0.1) is 0 Å². The normalized spacial score (nSPS) is 20.8. The number of hydrogen-bond acceptors (Lipinski definition) is 5. The van der Waals surface area contributed by atoms with Crippen molar-refractivity contribution in [2.24, 2.45) is 0 Å². The zero-order valence-electron chi connectivity index (χ0n) is 22.2. The number of fused-ring (bicyclic) bond motifs is 3. The highest BCUT2D eigenvalue weighted by Crippen LogP contribution is 2.47. The molecule has 1 unspecified atom stereocenters. The number of thiazole rings is 1. The fourth-order valence-electron chi connectivity index (χ4n) is 6.11. The van der Waals surface area contributed by atoms with Gasteiger partial charge in [-0.25, -0.2) is 9.37 Å². The molecule has 2 saturated heterocycles. The average Bonchev–Trinajstić information content (AvgIpc) is 3.35. The number of carbonyl (C=O) groups is 1. The zero-order valence-corrected chi connectivity index (χ0v) is 23.0. The van der Waals surface area contributed by atoms with Crippen LogP contribution in [-0.4, -0.2) is 59.1 Å². The lowest BCUT2D eigenvalue weighted by atomic mass is 10.0. The highest BCUT2D eigenvalue weighted by atomic mass is 32.1. The van der Waals surface area contributed by atoms with Crippen molar-refractivity contribution in [2.45, 2.75) is 63.1 Å². The minimum absolute atomic E-state index is 0.0418. The smallest absolute Gasteiger partial charge is 0.251 e. The summed E-state index contributed by atoms with van der Waals surface area (Å²) in [5.74, 6) is 0.490. The molecule has 204 valence electrons. The molecule has 1 atom stereocenters. The maximum atomic E-state index is 13.3. The number of halogens is 1. The van der Waals surface area contributed by atoms with Crippen LogP contribution in [0.3, 0.4) is 0 Å². The van der Waals surface area contributed by atoms with Crippen LogP contribution < -0.4 is 5.32 Å². The van der Waals surface area contributed by atoms with Gasteiger partial charge in [0.1, 0.15) is 6.17 Å². The van der Waals surface area contributed by atoms with Gasteiger partial charge in [-0.1, -0.05) is 35.6 Å². The lowest BCUT2D eigenvalue weighted by molar-refractivity contribution is 0.0950. The summed E-state index contributed by atoms with van der Waals surface area (Å²) < 4.78 is 22.6. The molecule has 1 N–H and O–H groups in total. The van der Waals surface area contributed by atoms with Crippen molar-refractivity contribution >= 4 is 32.4 Å². The van der Waals surface area contributed by atoms with Gasteiger partial charge >= 0.3 is 0 Å². The van der Waals surface area contributed by atoms with Crippen molar-refractivity contribution < 1.29 is 13.9 Å². The minimum Gasteiger partial charge on any atom is -0.374 e. The molecule has 1 aliphatic carbocycles. The average molecular weight is 547 g/mol. The molecule has 39 heavy (non-hydrogen) atoms. The third-order valence-corrected chi connectivity index (χ3v) is 9.45. The number of nitrogens with one attached hydrogen (secondary N) is 1. The van der Waals surface area contributed by atoms with Crippen molar-refractivity contribution in [2.75, 3.05) is 32.8 Å². The molecule has 0 radical (unpaired) electrons. The number of piperidine rings is 1. The van der Waals surface area contributed by atoms with E-state index in [0.717, 1.165) is 71.9 Å². The van der Waals surface area contributed by atoms with Crippen molar-refractivity contribution in [1.82, 2.24) is 19.6 Å². The molecule has 4 aromatic rings.